The number of H-pyrrole nitrogens is 1. The summed E-state index contributed by atoms with van der Waals surface area (Å²) in [6, 6.07) is 8.34. The number of halogens is 1. The largest absolute Gasteiger partial charge is 0.496 e. The zero-order chi connectivity index (χ0) is 12.4. The van der Waals surface area contributed by atoms with Gasteiger partial charge in [0.2, 0.25) is 0 Å². The average Bonchev–Trinajstić information content (AvgIpc) is 2.78. The molecule has 0 saturated carbocycles. The third kappa shape index (κ3) is 2.26. The number of carboxylic acids is 1. The van der Waals surface area contributed by atoms with Gasteiger partial charge in [-0.3, -0.25) is 0 Å². The Bertz CT molecular complexity index is 563. The van der Waals surface area contributed by atoms with E-state index in [0.29, 0.717) is 16.5 Å². The maximum Gasteiger partial charge on any atom is 0.352 e. The quantitative estimate of drug-likeness (QED) is 0.881. The smallest absolute Gasteiger partial charge is 0.352 e. The standard InChI is InChI=1S/C12H10ClNO3/c1-17-11-5-2-7(13)6-8(11)9-3-4-10(14-9)12(15)16/h2-6,14H,1H3,(H,15,16). The second-order valence-corrected chi connectivity index (χ2v) is 3.87. The number of aromatic carboxylic acids is 1. The SMILES string of the molecule is COc1ccc(Cl)cc1-c1ccc(C(=O)O)[nH]1. The van der Waals surface area contributed by atoms with Gasteiger partial charge in [-0.2, -0.15) is 0 Å². The molecule has 5 heteroatoms. The summed E-state index contributed by atoms with van der Waals surface area (Å²) >= 11 is 5.91. The number of nitrogens with one attached hydrogen (secondary N) is 1. The van der Waals surface area contributed by atoms with Crippen LogP contribution >= 0.6 is 11.6 Å². The molecule has 0 aliphatic heterocycles. The van der Waals surface area contributed by atoms with Gasteiger partial charge in [0.1, 0.15) is 11.4 Å². The zero-order valence-electron chi connectivity index (χ0n) is 9.03. The summed E-state index contributed by atoms with van der Waals surface area (Å²) < 4.78 is 5.20. The monoisotopic (exact) mass is 251 g/mol. The van der Waals surface area contributed by atoms with Gasteiger partial charge in [-0.1, -0.05) is 11.6 Å². The van der Waals surface area contributed by atoms with E-state index >= 15 is 0 Å². The molecule has 0 spiro atoms. The van der Waals surface area contributed by atoms with E-state index in [-0.39, 0.29) is 5.69 Å². The number of aromatic nitrogens is 1. The number of ether oxygens (including phenoxy) is 1. The molecular weight excluding hydrogens is 242 g/mol. The van der Waals surface area contributed by atoms with Gasteiger partial charge in [0.05, 0.1) is 7.11 Å². The molecule has 1 aromatic heterocycles. The molecule has 0 bridgehead atoms. The molecule has 2 N–H and O–H groups in total. The minimum absolute atomic E-state index is 0.127. The highest BCUT2D eigenvalue weighted by atomic mass is 35.5. The molecule has 1 aromatic carbocycles. The Morgan fingerprint density at radius 3 is 2.71 bits per heavy atom. The van der Waals surface area contributed by atoms with Gasteiger partial charge in [-0.05, 0) is 30.3 Å². The molecular formula is C12H10ClNO3. The summed E-state index contributed by atoms with van der Waals surface area (Å²) in [6.07, 6.45) is 0. The van der Waals surface area contributed by atoms with E-state index in [0.717, 1.165) is 5.56 Å². The fraction of sp³-hybridized carbons (Fsp3) is 0.0833. The number of carbonyl (C=O) groups is 1. The first kappa shape index (κ1) is 11.5. The molecule has 0 atom stereocenters. The van der Waals surface area contributed by atoms with Crippen molar-refractivity contribution in [1.82, 2.24) is 4.98 Å². The number of hydrogen-bond acceptors (Lipinski definition) is 2. The van der Waals surface area contributed by atoms with Crippen LogP contribution in [0.3, 0.4) is 0 Å². The third-order valence-corrected chi connectivity index (χ3v) is 2.60. The van der Waals surface area contributed by atoms with Gasteiger partial charge in [0.25, 0.3) is 0 Å². The molecule has 2 aromatic rings. The Morgan fingerprint density at radius 1 is 1.35 bits per heavy atom. The van der Waals surface area contributed by atoms with Gasteiger partial charge in [-0.25, -0.2) is 4.79 Å². The van der Waals surface area contributed by atoms with Crippen molar-refractivity contribution in [1.29, 1.82) is 0 Å². The first-order valence-electron chi connectivity index (χ1n) is 4.88. The highest BCUT2D eigenvalue weighted by Gasteiger charge is 2.11. The molecule has 0 unspecified atom stereocenters. The van der Waals surface area contributed by atoms with Crippen LogP contribution in [-0.4, -0.2) is 23.2 Å². The molecule has 0 amide bonds. The second-order valence-electron chi connectivity index (χ2n) is 3.44. The van der Waals surface area contributed by atoms with Crippen molar-refractivity contribution in [3.8, 4) is 17.0 Å². The summed E-state index contributed by atoms with van der Waals surface area (Å²) in [5.41, 5.74) is 1.51. The summed E-state index contributed by atoms with van der Waals surface area (Å²) in [7, 11) is 1.55. The lowest BCUT2D eigenvalue weighted by Gasteiger charge is -2.07. The van der Waals surface area contributed by atoms with Gasteiger partial charge in [0.15, 0.2) is 0 Å². The van der Waals surface area contributed by atoms with Crippen molar-refractivity contribution in [2.75, 3.05) is 7.11 Å². The Morgan fingerprint density at radius 2 is 2.12 bits per heavy atom. The molecule has 1 heterocycles. The Balaban J connectivity index is 2.51. The molecule has 2 rings (SSSR count). The van der Waals surface area contributed by atoms with Crippen molar-refractivity contribution in [2.24, 2.45) is 0 Å². The predicted molar refractivity (Wildman–Crippen MR) is 64.8 cm³/mol. The molecule has 0 aliphatic rings. The van der Waals surface area contributed by atoms with E-state index in [4.69, 9.17) is 21.4 Å². The Hall–Kier alpha value is -1.94. The van der Waals surface area contributed by atoms with Crippen LogP contribution in [0.1, 0.15) is 10.5 Å². The normalized spacial score (nSPS) is 10.2. The number of benzene rings is 1. The van der Waals surface area contributed by atoms with E-state index in [9.17, 15) is 4.79 Å². The van der Waals surface area contributed by atoms with Crippen LogP contribution in [-0.2, 0) is 0 Å². The molecule has 17 heavy (non-hydrogen) atoms. The third-order valence-electron chi connectivity index (χ3n) is 2.37. The van der Waals surface area contributed by atoms with Crippen LogP contribution in [0.15, 0.2) is 30.3 Å². The maximum atomic E-state index is 10.8. The molecule has 88 valence electrons. The van der Waals surface area contributed by atoms with Crippen molar-refractivity contribution in [3.05, 3.63) is 41.0 Å². The number of methoxy groups -OCH3 is 1. The number of hydrogen-bond donors (Lipinski definition) is 2. The van der Waals surface area contributed by atoms with E-state index < -0.39 is 5.97 Å². The van der Waals surface area contributed by atoms with Gasteiger partial charge in [0, 0.05) is 16.3 Å². The molecule has 0 fully saturated rings. The maximum absolute atomic E-state index is 10.8. The highest BCUT2D eigenvalue weighted by Crippen LogP contribution is 2.31. The molecule has 0 aliphatic carbocycles. The van der Waals surface area contributed by atoms with Crippen LogP contribution in [0, 0.1) is 0 Å². The fourth-order valence-electron chi connectivity index (χ4n) is 1.57. The minimum Gasteiger partial charge on any atom is -0.496 e. The molecule has 0 saturated heterocycles. The lowest BCUT2D eigenvalue weighted by molar-refractivity contribution is 0.0691. The van der Waals surface area contributed by atoms with Crippen LogP contribution in [0.2, 0.25) is 5.02 Å². The van der Waals surface area contributed by atoms with E-state index in [1.165, 1.54) is 6.07 Å². The van der Waals surface area contributed by atoms with Crippen LogP contribution in [0.4, 0.5) is 0 Å². The van der Waals surface area contributed by atoms with E-state index in [2.05, 4.69) is 4.98 Å². The first-order chi connectivity index (χ1) is 8.11. The van der Waals surface area contributed by atoms with Crippen molar-refractivity contribution in [3.63, 3.8) is 0 Å². The van der Waals surface area contributed by atoms with Crippen LogP contribution in [0.5, 0.6) is 5.75 Å². The summed E-state index contributed by atoms with van der Waals surface area (Å²) in [4.78, 5) is 13.6. The average molecular weight is 252 g/mol. The first-order valence-corrected chi connectivity index (χ1v) is 5.26. The predicted octanol–water partition coefficient (Wildman–Crippen LogP) is 3.04. The summed E-state index contributed by atoms with van der Waals surface area (Å²) in [5.74, 6) is -0.370. The van der Waals surface area contributed by atoms with E-state index in [1.54, 1.807) is 31.4 Å². The Kier molecular flexibility index (Phi) is 3.06. The van der Waals surface area contributed by atoms with E-state index in [1.807, 2.05) is 0 Å². The molecule has 4 nitrogen and oxygen atoms in total. The van der Waals surface area contributed by atoms with Gasteiger partial charge in [-0.15, -0.1) is 0 Å². The number of rotatable bonds is 3. The number of carboxylic acid groups (broad SMARTS) is 1. The van der Waals surface area contributed by atoms with Crippen LogP contribution < -0.4 is 4.74 Å². The minimum atomic E-state index is -1.00. The highest BCUT2D eigenvalue weighted by molar-refractivity contribution is 6.31. The molecule has 0 radical (unpaired) electrons. The topological polar surface area (TPSA) is 62.3 Å². The lowest BCUT2D eigenvalue weighted by atomic mass is 10.1. The van der Waals surface area contributed by atoms with Crippen LogP contribution in [0.25, 0.3) is 11.3 Å². The fourth-order valence-corrected chi connectivity index (χ4v) is 1.74. The lowest BCUT2D eigenvalue weighted by Crippen LogP contribution is -1.96. The van der Waals surface area contributed by atoms with Gasteiger partial charge >= 0.3 is 5.97 Å². The second kappa shape index (κ2) is 4.51. The van der Waals surface area contributed by atoms with Crippen molar-refractivity contribution < 1.29 is 14.6 Å². The number of aromatic amines is 1. The Labute approximate surface area is 103 Å². The summed E-state index contributed by atoms with van der Waals surface area (Å²) in [6.45, 7) is 0. The van der Waals surface area contributed by atoms with Crippen molar-refractivity contribution >= 4 is 17.6 Å². The van der Waals surface area contributed by atoms with Gasteiger partial charge < -0.3 is 14.8 Å². The summed E-state index contributed by atoms with van der Waals surface area (Å²) in [5, 5.41) is 9.40. The van der Waals surface area contributed by atoms with Crippen molar-refractivity contribution in [2.45, 2.75) is 0 Å². The zero-order valence-corrected chi connectivity index (χ0v) is 9.78.